The molecule has 6 nitrogen and oxygen atoms in total. The first-order chi connectivity index (χ1) is 18.1. The maximum absolute atomic E-state index is 14.9. The van der Waals surface area contributed by atoms with Crippen LogP contribution < -0.4 is 0 Å². The Hall–Kier alpha value is -3.88. The maximum Gasteiger partial charge on any atom is 0.460 e. The highest BCUT2D eigenvalue weighted by Crippen LogP contribution is 2.52. The van der Waals surface area contributed by atoms with Crippen LogP contribution in [-0.2, 0) is 18.1 Å². The minimum atomic E-state index is -6.62. The van der Waals surface area contributed by atoms with E-state index in [0.29, 0.717) is 16.8 Å². The van der Waals surface area contributed by atoms with Gasteiger partial charge in [-0.05, 0) is 24.6 Å². The van der Waals surface area contributed by atoms with Crippen molar-refractivity contribution < 1.29 is 44.6 Å². The Morgan fingerprint density at radius 3 is 2.15 bits per heavy atom. The second-order valence-corrected chi connectivity index (χ2v) is 8.69. The lowest BCUT2D eigenvalue weighted by Crippen LogP contribution is -2.50. The number of halogens is 9. The van der Waals surface area contributed by atoms with Crippen LogP contribution in [0, 0.1) is 11.6 Å². The zero-order valence-electron chi connectivity index (χ0n) is 19.7. The van der Waals surface area contributed by atoms with Crippen molar-refractivity contribution in [1.82, 2.24) is 24.5 Å². The smallest absolute Gasteiger partial charge is 0.381 e. The van der Waals surface area contributed by atoms with Crippen molar-refractivity contribution in [3.8, 4) is 11.3 Å². The quantitative estimate of drug-likeness (QED) is 0.273. The number of aromatic nitrogens is 5. The highest BCUT2D eigenvalue weighted by molar-refractivity contribution is 5.60. The van der Waals surface area contributed by atoms with E-state index in [1.54, 1.807) is 0 Å². The third-order valence-corrected chi connectivity index (χ3v) is 6.20. The zero-order chi connectivity index (χ0) is 28.8. The molecule has 0 saturated carbocycles. The summed E-state index contributed by atoms with van der Waals surface area (Å²) in [5.41, 5.74) is -5.35. The van der Waals surface area contributed by atoms with Crippen molar-refractivity contribution >= 4 is 0 Å². The van der Waals surface area contributed by atoms with Gasteiger partial charge in [0.25, 0.3) is 0 Å². The first-order valence-electron chi connectivity index (χ1n) is 11.1. The summed E-state index contributed by atoms with van der Waals surface area (Å²) >= 11 is 0. The van der Waals surface area contributed by atoms with Crippen LogP contribution in [0.5, 0.6) is 0 Å². The van der Waals surface area contributed by atoms with E-state index in [0.717, 1.165) is 36.4 Å². The summed E-state index contributed by atoms with van der Waals surface area (Å²) in [5.74, 6) is -14.6. The lowest BCUT2D eigenvalue weighted by Gasteiger charge is -2.35. The predicted molar refractivity (Wildman–Crippen MR) is 118 cm³/mol. The summed E-state index contributed by atoms with van der Waals surface area (Å²) < 4.78 is 126. The number of aliphatic hydroxyl groups is 1. The average molecular weight is 563 g/mol. The normalized spacial score (nSPS) is 15.3. The molecule has 0 bridgehead atoms. The first-order valence-corrected chi connectivity index (χ1v) is 11.1. The van der Waals surface area contributed by atoms with E-state index in [2.05, 4.69) is 15.2 Å². The van der Waals surface area contributed by atoms with Gasteiger partial charge >= 0.3 is 18.0 Å². The predicted octanol–water partition coefficient (Wildman–Crippen LogP) is 5.86. The van der Waals surface area contributed by atoms with Gasteiger partial charge in [0, 0.05) is 11.6 Å². The topological polar surface area (TPSA) is 68.8 Å². The molecule has 0 fully saturated rings. The van der Waals surface area contributed by atoms with E-state index in [4.69, 9.17) is 0 Å². The van der Waals surface area contributed by atoms with Crippen molar-refractivity contribution in [3.63, 3.8) is 0 Å². The van der Waals surface area contributed by atoms with E-state index in [1.165, 1.54) is 30.3 Å². The van der Waals surface area contributed by atoms with Gasteiger partial charge in [0.2, 0.25) is 0 Å². The summed E-state index contributed by atoms with van der Waals surface area (Å²) in [6.45, 7) is 0.512. The van der Waals surface area contributed by atoms with Crippen LogP contribution in [0.3, 0.4) is 0 Å². The second-order valence-electron chi connectivity index (χ2n) is 8.69. The molecule has 0 spiro atoms. The minimum Gasteiger partial charge on any atom is -0.381 e. The Morgan fingerprint density at radius 2 is 1.59 bits per heavy atom. The molecule has 0 saturated heterocycles. The van der Waals surface area contributed by atoms with Gasteiger partial charge in [-0.1, -0.05) is 36.4 Å². The Morgan fingerprint density at radius 1 is 0.923 bits per heavy atom. The molecular formula is C24H18F9N5O. The van der Waals surface area contributed by atoms with E-state index in [-0.39, 0.29) is 5.56 Å². The zero-order valence-corrected chi connectivity index (χ0v) is 19.7. The molecule has 2 aromatic heterocycles. The van der Waals surface area contributed by atoms with Crippen LogP contribution in [0.15, 0.2) is 67.3 Å². The number of rotatable bonds is 8. The fourth-order valence-corrected chi connectivity index (χ4v) is 4.05. The lowest BCUT2D eigenvalue weighted by atomic mass is 9.86. The number of benzene rings is 2. The van der Waals surface area contributed by atoms with Gasteiger partial charge in [0.15, 0.2) is 0 Å². The van der Waals surface area contributed by atoms with Crippen LogP contribution in [0.4, 0.5) is 39.5 Å². The van der Waals surface area contributed by atoms with E-state index < -0.39 is 64.8 Å². The Kier molecular flexibility index (Phi) is 7.00. The van der Waals surface area contributed by atoms with Crippen molar-refractivity contribution in [2.45, 2.75) is 43.1 Å². The summed E-state index contributed by atoms with van der Waals surface area (Å²) in [5, 5.41) is 19.0. The molecular weight excluding hydrogens is 545 g/mol. The minimum absolute atomic E-state index is 0.0527. The van der Waals surface area contributed by atoms with Crippen LogP contribution in [0.25, 0.3) is 11.3 Å². The van der Waals surface area contributed by atoms with E-state index in [9.17, 15) is 44.6 Å². The summed E-state index contributed by atoms with van der Waals surface area (Å²) in [4.78, 5) is 3.70. The monoisotopic (exact) mass is 563 g/mol. The van der Waals surface area contributed by atoms with Gasteiger partial charge < -0.3 is 5.11 Å². The third kappa shape index (κ3) is 4.86. The molecule has 0 radical (unpaired) electrons. The molecule has 208 valence electrons. The van der Waals surface area contributed by atoms with Crippen LogP contribution >= 0.6 is 0 Å². The molecule has 2 atom stereocenters. The summed E-state index contributed by atoms with van der Waals surface area (Å²) in [6.07, 6.45) is -4.44. The van der Waals surface area contributed by atoms with E-state index >= 15 is 0 Å². The van der Waals surface area contributed by atoms with Crippen molar-refractivity contribution in [3.05, 3.63) is 90.1 Å². The molecule has 15 heteroatoms. The molecule has 0 amide bonds. The van der Waals surface area contributed by atoms with Crippen molar-refractivity contribution in [1.29, 1.82) is 0 Å². The average Bonchev–Trinajstić information content (AvgIpc) is 3.53. The van der Waals surface area contributed by atoms with Gasteiger partial charge in [-0.15, -0.1) is 0 Å². The highest BCUT2D eigenvalue weighted by Gasteiger charge is 2.74. The molecule has 0 aliphatic heterocycles. The van der Waals surface area contributed by atoms with Crippen LogP contribution in [-0.4, -0.2) is 41.8 Å². The second kappa shape index (κ2) is 9.70. The molecule has 4 aromatic rings. The molecule has 1 N–H and O–H groups in total. The Balaban J connectivity index is 1.95. The molecule has 0 aliphatic rings. The van der Waals surface area contributed by atoms with E-state index in [1.807, 2.05) is 0 Å². The number of alkyl halides is 7. The maximum atomic E-state index is 14.9. The third-order valence-electron chi connectivity index (χ3n) is 6.20. The van der Waals surface area contributed by atoms with Crippen LogP contribution in [0.1, 0.15) is 24.2 Å². The largest absolute Gasteiger partial charge is 0.460 e. The molecule has 4 rings (SSSR count). The fourth-order valence-electron chi connectivity index (χ4n) is 4.05. The Labute approximate surface area is 214 Å². The van der Waals surface area contributed by atoms with Gasteiger partial charge in [-0.3, -0.25) is 4.68 Å². The highest BCUT2D eigenvalue weighted by atomic mass is 19.4. The summed E-state index contributed by atoms with van der Waals surface area (Å²) in [7, 11) is 0. The van der Waals surface area contributed by atoms with Gasteiger partial charge in [-0.25, -0.2) is 18.4 Å². The number of nitrogens with zero attached hydrogens (tertiary/aromatic N) is 5. The fraction of sp³-hybridized carbons (Fsp3) is 0.292. The molecule has 2 heterocycles. The number of hydrogen-bond acceptors (Lipinski definition) is 4. The number of hydrogen-bond donors (Lipinski definition) is 1. The SMILES string of the molecule is C[C@@H](n1nc(C(F)(F)C(F)(F)C(F)(F)F)cc1-c1ccccc1)[C@](O)(Cn1cncn1)c1ccc(F)cc1F. The van der Waals surface area contributed by atoms with Gasteiger partial charge in [0.1, 0.15) is 35.6 Å². The molecule has 0 aliphatic carbocycles. The standard InChI is InChI=1S/C24H18F9N5O/c1-14(21(39,11-37-13-34-12-35-37)17-8-7-16(25)9-18(17)26)38-19(15-5-3-2-4-6-15)10-20(36-38)22(27,28)23(29,30)24(31,32)33/h2-10,12-14,39H,11H2,1H3/t14-,21-/m1/s1. The molecule has 2 aromatic carbocycles. The molecule has 39 heavy (non-hydrogen) atoms. The van der Waals surface area contributed by atoms with Crippen molar-refractivity contribution in [2.24, 2.45) is 0 Å². The van der Waals surface area contributed by atoms with Crippen LogP contribution in [0.2, 0.25) is 0 Å². The van der Waals surface area contributed by atoms with Crippen molar-refractivity contribution in [2.75, 3.05) is 0 Å². The Bertz CT molecular complexity index is 1440. The lowest BCUT2D eigenvalue weighted by molar-refractivity contribution is -0.360. The van der Waals surface area contributed by atoms with Gasteiger partial charge in [0.05, 0.1) is 18.3 Å². The molecule has 0 unspecified atom stereocenters. The first kappa shape index (κ1) is 28.1. The summed E-state index contributed by atoms with van der Waals surface area (Å²) in [6, 6.07) is 7.87. The van der Waals surface area contributed by atoms with Gasteiger partial charge in [-0.2, -0.15) is 40.9 Å².